The van der Waals surface area contributed by atoms with E-state index in [0.717, 1.165) is 27.5 Å². The Labute approximate surface area is 181 Å². The van der Waals surface area contributed by atoms with E-state index in [1.807, 2.05) is 32.9 Å². The molecule has 0 atom stereocenters. The van der Waals surface area contributed by atoms with Gasteiger partial charge < -0.3 is 18.9 Å². The fourth-order valence-corrected chi connectivity index (χ4v) is 3.91. The fraction of sp³-hybridized carbons (Fsp3) is 0.280. The molecule has 0 radical (unpaired) electrons. The Morgan fingerprint density at radius 1 is 0.742 bits per heavy atom. The number of carbonyl (C=O) groups is 2. The SMILES string of the molecule is COC(=O)c1cc2cc(C)c(C)c(C)c2c(-c2ccc(OC)c(OC)c2)c1C(=O)OC. The van der Waals surface area contributed by atoms with Crippen molar-refractivity contribution in [3.05, 3.63) is 58.1 Å². The molecule has 31 heavy (non-hydrogen) atoms. The van der Waals surface area contributed by atoms with E-state index in [2.05, 4.69) is 0 Å². The van der Waals surface area contributed by atoms with Crippen molar-refractivity contribution in [1.29, 1.82) is 0 Å². The van der Waals surface area contributed by atoms with Crippen molar-refractivity contribution < 1.29 is 28.5 Å². The maximum atomic E-state index is 12.9. The lowest BCUT2D eigenvalue weighted by Gasteiger charge is -2.20. The molecule has 0 N–H and O–H groups in total. The second kappa shape index (κ2) is 8.68. The van der Waals surface area contributed by atoms with Gasteiger partial charge in [0.05, 0.1) is 39.6 Å². The van der Waals surface area contributed by atoms with E-state index in [4.69, 9.17) is 18.9 Å². The molecule has 6 heteroatoms. The molecule has 0 bridgehead atoms. The Balaban J connectivity index is 2.59. The first-order valence-corrected chi connectivity index (χ1v) is 9.75. The van der Waals surface area contributed by atoms with E-state index in [9.17, 15) is 9.59 Å². The summed E-state index contributed by atoms with van der Waals surface area (Å²) < 4.78 is 20.9. The average molecular weight is 422 g/mol. The van der Waals surface area contributed by atoms with E-state index in [0.29, 0.717) is 22.6 Å². The number of esters is 2. The van der Waals surface area contributed by atoms with Gasteiger partial charge in [0.2, 0.25) is 0 Å². The van der Waals surface area contributed by atoms with Gasteiger partial charge in [-0.15, -0.1) is 0 Å². The Bertz CT molecular complexity index is 1190. The average Bonchev–Trinajstić information content (AvgIpc) is 2.79. The number of benzene rings is 3. The Morgan fingerprint density at radius 3 is 1.97 bits per heavy atom. The molecule has 0 unspecified atom stereocenters. The summed E-state index contributed by atoms with van der Waals surface area (Å²) in [6.45, 7) is 6.06. The van der Waals surface area contributed by atoms with Crippen LogP contribution in [0, 0.1) is 20.8 Å². The quantitative estimate of drug-likeness (QED) is 0.538. The van der Waals surface area contributed by atoms with E-state index >= 15 is 0 Å². The third kappa shape index (κ3) is 3.69. The number of aryl methyl sites for hydroxylation is 2. The highest BCUT2D eigenvalue weighted by Gasteiger charge is 2.27. The molecule has 3 aromatic carbocycles. The normalized spacial score (nSPS) is 10.7. The van der Waals surface area contributed by atoms with E-state index < -0.39 is 11.9 Å². The number of rotatable bonds is 5. The molecule has 0 aromatic heterocycles. The number of ether oxygens (including phenoxy) is 4. The van der Waals surface area contributed by atoms with Crippen molar-refractivity contribution >= 4 is 22.7 Å². The summed E-state index contributed by atoms with van der Waals surface area (Å²) in [5.41, 5.74) is 4.79. The molecule has 0 spiro atoms. The van der Waals surface area contributed by atoms with Crippen LogP contribution >= 0.6 is 0 Å². The van der Waals surface area contributed by atoms with Gasteiger partial charge in [0, 0.05) is 5.56 Å². The molecular formula is C25H26O6. The molecule has 162 valence electrons. The molecule has 0 saturated heterocycles. The zero-order chi connectivity index (χ0) is 22.9. The Kier molecular flexibility index (Phi) is 6.20. The summed E-state index contributed by atoms with van der Waals surface area (Å²) in [6, 6.07) is 9.09. The lowest BCUT2D eigenvalue weighted by atomic mass is 9.85. The number of fused-ring (bicyclic) bond motifs is 1. The number of hydrogen-bond acceptors (Lipinski definition) is 6. The van der Waals surface area contributed by atoms with Gasteiger partial charge in [0.25, 0.3) is 0 Å². The second-order valence-electron chi connectivity index (χ2n) is 7.27. The van der Waals surface area contributed by atoms with Crippen LogP contribution in [0.25, 0.3) is 21.9 Å². The van der Waals surface area contributed by atoms with E-state index in [1.165, 1.54) is 14.2 Å². The minimum absolute atomic E-state index is 0.147. The van der Waals surface area contributed by atoms with Crippen molar-refractivity contribution in [3.8, 4) is 22.6 Å². The van der Waals surface area contributed by atoms with Gasteiger partial charge >= 0.3 is 11.9 Å². The smallest absolute Gasteiger partial charge is 0.339 e. The zero-order valence-electron chi connectivity index (χ0n) is 18.8. The minimum Gasteiger partial charge on any atom is -0.493 e. The van der Waals surface area contributed by atoms with Crippen molar-refractivity contribution in [2.75, 3.05) is 28.4 Å². The maximum Gasteiger partial charge on any atom is 0.339 e. The van der Waals surface area contributed by atoms with Crippen molar-refractivity contribution in [1.82, 2.24) is 0 Å². The third-order valence-corrected chi connectivity index (χ3v) is 5.73. The Morgan fingerprint density at radius 2 is 1.39 bits per heavy atom. The molecular weight excluding hydrogens is 396 g/mol. The molecule has 0 aliphatic carbocycles. The highest BCUT2D eigenvalue weighted by atomic mass is 16.5. The number of methoxy groups -OCH3 is 4. The molecule has 0 aliphatic heterocycles. The topological polar surface area (TPSA) is 71.1 Å². The summed E-state index contributed by atoms with van der Waals surface area (Å²) >= 11 is 0. The van der Waals surface area contributed by atoms with Crippen LogP contribution in [0.3, 0.4) is 0 Å². The van der Waals surface area contributed by atoms with Crippen LogP contribution in [0.2, 0.25) is 0 Å². The zero-order valence-corrected chi connectivity index (χ0v) is 18.8. The molecule has 0 fully saturated rings. The second-order valence-corrected chi connectivity index (χ2v) is 7.27. The monoisotopic (exact) mass is 422 g/mol. The van der Waals surface area contributed by atoms with Gasteiger partial charge in [-0.2, -0.15) is 0 Å². The molecule has 0 aliphatic rings. The highest BCUT2D eigenvalue weighted by Crippen LogP contribution is 2.41. The molecule has 3 rings (SSSR count). The van der Waals surface area contributed by atoms with E-state index in [-0.39, 0.29) is 11.1 Å². The van der Waals surface area contributed by atoms with Gasteiger partial charge in [-0.3, -0.25) is 0 Å². The highest BCUT2D eigenvalue weighted by molar-refractivity contribution is 6.16. The van der Waals surface area contributed by atoms with Crippen molar-refractivity contribution in [2.45, 2.75) is 20.8 Å². The van der Waals surface area contributed by atoms with Gasteiger partial charge in [-0.1, -0.05) is 12.1 Å². The summed E-state index contributed by atoms with van der Waals surface area (Å²) in [4.78, 5) is 25.6. The van der Waals surface area contributed by atoms with Crippen LogP contribution in [0.4, 0.5) is 0 Å². The first-order valence-electron chi connectivity index (χ1n) is 9.75. The first-order chi connectivity index (χ1) is 14.8. The molecule has 3 aromatic rings. The lowest BCUT2D eigenvalue weighted by Crippen LogP contribution is -2.14. The van der Waals surface area contributed by atoms with Crippen molar-refractivity contribution in [3.63, 3.8) is 0 Å². The molecule has 0 saturated carbocycles. The molecule has 6 nitrogen and oxygen atoms in total. The maximum absolute atomic E-state index is 12.9. The molecule has 0 amide bonds. The predicted octanol–water partition coefficient (Wildman–Crippen LogP) is 5.02. The van der Waals surface area contributed by atoms with Gasteiger partial charge in [-0.25, -0.2) is 9.59 Å². The summed E-state index contributed by atoms with van der Waals surface area (Å²) in [5, 5.41) is 1.70. The van der Waals surface area contributed by atoms with Gasteiger partial charge in [-0.05, 0) is 72.0 Å². The lowest BCUT2D eigenvalue weighted by molar-refractivity contribution is 0.0556. The number of carbonyl (C=O) groups excluding carboxylic acids is 2. The predicted molar refractivity (Wildman–Crippen MR) is 119 cm³/mol. The Hall–Kier alpha value is -3.54. The van der Waals surface area contributed by atoms with Gasteiger partial charge in [0.15, 0.2) is 11.5 Å². The summed E-state index contributed by atoms with van der Waals surface area (Å²) in [5.74, 6) is -0.165. The fourth-order valence-electron chi connectivity index (χ4n) is 3.91. The van der Waals surface area contributed by atoms with Crippen molar-refractivity contribution in [2.24, 2.45) is 0 Å². The largest absolute Gasteiger partial charge is 0.493 e. The van der Waals surface area contributed by atoms with Crippen LogP contribution in [-0.2, 0) is 9.47 Å². The van der Waals surface area contributed by atoms with Crippen LogP contribution in [0.15, 0.2) is 30.3 Å². The minimum atomic E-state index is -0.621. The third-order valence-electron chi connectivity index (χ3n) is 5.73. The standard InChI is InChI=1S/C25H26O6/c1-13-10-17-11-18(24(26)30-6)23(25(27)31-7)22(21(17)15(3)14(13)2)16-8-9-19(28-4)20(12-16)29-5/h8-12H,1-7H3. The van der Waals surface area contributed by atoms with Crippen LogP contribution in [0.1, 0.15) is 37.4 Å². The first kappa shape index (κ1) is 22.2. The summed E-state index contributed by atoms with van der Waals surface area (Å²) in [7, 11) is 5.68. The summed E-state index contributed by atoms with van der Waals surface area (Å²) in [6.07, 6.45) is 0. The number of hydrogen-bond donors (Lipinski definition) is 0. The van der Waals surface area contributed by atoms with Crippen LogP contribution in [0.5, 0.6) is 11.5 Å². The van der Waals surface area contributed by atoms with Crippen LogP contribution in [-0.4, -0.2) is 40.4 Å². The molecule has 0 heterocycles. The van der Waals surface area contributed by atoms with Gasteiger partial charge in [0.1, 0.15) is 0 Å². The van der Waals surface area contributed by atoms with Crippen LogP contribution < -0.4 is 9.47 Å². The van der Waals surface area contributed by atoms with E-state index in [1.54, 1.807) is 32.4 Å².